The minimum atomic E-state index is -1.54. The van der Waals surface area contributed by atoms with E-state index < -0.39 is 11.0 Å². The molecule has 0 spiro atoms. The molecule has 1 N–H and O–H groups in total. The fraction of sp³-hybridized carbons (Fsp3) is 0.0714. The van der Waals surface area contributed by atoms with Crippen LogP contribution in [0.1, 0.15) is 11.1 Å². The number of hydrogen-bond acceptors (Lipinski definition) is 4. The van der Waals surface area contributed by atoms with Crippen LogP contribution >= 0.6 is 0 Å². The lowest BCUT2D eigenvalue weighted by molar-refractivity contribution is -0.114. The molecule has 7 heteroatoms. The van der Waals surface area contributed by atoms with Gasteiger partial charge in [-0.3, -0.25) is 14.5 Å². The minimum Gasteiger partial charge on any atom is -0.288 e. The highest BCUT2D eigenvalue weighted by Gasteiger charge is 2.22. The Morgan fingerprint density at radius 1 is 1.29 bits per heavy atom. The van der Waals surface area contributed by atoms with E-state index in [9.17, 15) is 9.00 Å². The van der Waals surface area contributed by atoms with E-state index in [1.54, 1.807) is 12.4 Å². The van der Waals surface area contributed by atoms with Crippen molar-refractivity contribution in [3.63, 3.8) is 0 Å². The maximum Gasteiger partial charge on any atom is 0.258 e. The summed E-state index contributed by atoms with van der Waals surface area (Å²) in [6.07, 6.45) is 6.62. The summed E-state index contributed by atoms with van der Waals surface area (Å²) in [5.41, 5.74) is 4.25. The molecule has 2 aromatic rings. The summed E-state index contributed by atoms with van der Waals surface area (Å²) in [7, 11) is -1.54. The van der Waals surface area contributed by atoms with Crippen LogP contribution in [0.3, 0.4) is 0 Å². The van der Waals surface area contributed by atoms with Gasteiger partial charge in [-0.1, -0.05) is 12.1 Å². The van der Waals surface area contributed by atoms with Crippen LogP contribution in [0.4, 0.5) is 0 Å². The maximum absolute atomic E-state index is 11.7. The number of amides is 1. The second-order valence-electron chi connectivity index (χ2n) is 4.77. The number of aromatic nitrogens is 2. The average Bonchev–Trinajstić information content (AvgIpc) is 3.17. The zero-order chi connectivity index (χ0) is 14.4. The molecular weight excluding hydrogens is 288 g/mol. The summed E-state index contributed by atoms with van der Waals surface area (Å²) in [6.45, 7) is 0.699. The van der Waals surface area contributed by atoms with E-state index in [1.807, 2.05) is 18.3 Å². The first-order chi connectivity index (χ1) is 10.2. The van der Waals surface area contributed by atoms with Crippen molar-refractivity contribution in [1.82, 2.24) is 14.5 Å². The summed E-state index contributed by atoms with van der Waals surface area (Å²) < 4.78 is 15.5. The number of rotatable bonds is 2. The van der Waals surface area contributed by atoms with E-state index in [4.69, 9.17) is 0 Å². The summed E-state index contributed by atoms with van der Waals surface area (Å²) in [4.78, 5) is 15.4. The van der Waals surface area contributed by atoms with Gasteiger partial charge in [0.05, 0.1) is 12.7 Å². The third kappa shape index (κ3) is 2.02. The number of aliphatic imine (C=N–C) groups is 1. The molecule has 1 unspecified atom stereocenters. The Bertz CT molecular complexity index is 850. The number of fused-ring (bicyclic) bond motifs is 1. The van der Waals surface area contributed by atoms with E-state index in [-0.39, 0.29) is 5.91 Å². The Balaban J connectivity index is 1.71. The van der Waals surface area contributed by atoms with Gasteiger partial charge in [-0.25, -0.2) is 8.89 Å². The smallest absolute Gasteiger partial charge is 0.258 e. The molecule has 0 saturated heterocycles. The molecule has 2 aliphatic heterocycles. The van der Waals surface area contributed by atoms with E-state index in [1.165, 1.54) is 16.3 Å². The molecule has 6 nitrogen and oxygen atoms in total. The zero-order valence-electron chi connectivity index (χ0n) is 10.8. The maximum atomic E-state index is 11.7. The Hall–Kier alpha value is -2.54. The third-order valence-electron chi connectivity index (χ3n) is 3.41. The van der Waals surface area contributed by atoms with E-state index in [0.717, 1.165) is 16.7 Å². The SMILES string of the molecule is O=C1C=C(n2cc(-c3ccc4c(c3)CN=C4)cn2)S(=O)N1. The Morgan fingerprint density at radius 3 is 3.00 bits per heavy atom. The first-order valence-corrected chi connectivity index (χ1v) is 7.48. The summed E-state index contributed by atoms with van der Waals surface area (Å²) in [5.74, 6) is -0.366. The van der Waals surface area contributed by atoms with Gasteiger partial charge in [-0.2, -0.15) is 5.10 Å². The predicted octanol–water partition coefficient (Wildman–Crippen LogP) is 1.07. The van der Waals surface area contributed by atoms with Gasteiger partial charge in [-0.05, 0) is 22.8 Å². The number of nitrogens with zero attached hydrogens (tertiary/aromatic N) is 3. The largest absolute Gasteiger partial charge is 0.288 e. The summed E-state index contributed by atoms with van der Waals surface area (Å²) >= 11 is 0. The number of nitrogens with one attached hydrogen (secondary N) is 1. The molecular formula is C14H10N4O2S. The number of carbonyl (C=O) groups is 1. The van der Waals surface area contributed by atoms with Crippen LogP contribution in [-0.4, -0.2) is 26.1 Å². The molecule has 104 valence electrons. The number of hydrogen-bond donors (Lipinski definition) is 1. The monoisotopic (exact) mass is 298 g/mol. The molecule has 1 atom stereocenters. The summed E-state index contributed by atoms with van der Waals surface area (Å²) in [5, 5.41) is 4.53. The van der Waals surface area contributed by atoms with Crippen LogP contribution in [0.25, 0.3) is 16.2 Å². The van der Waals surface area contributed by atoms with Crippen molar-refractivity contribution in [3.8, 4) is 11.1 Å². The van der Waals surface area contributed by atoms with E-state index in [0.29, 0.717) is 11.6 Å². The molecule has 1 amide bonds. The number of carbonyl (C=O) groups excluding carboxylic acids is 1. The second kappa shape index (κ2) is 4.49. The molecule has 4 rings (SSSR count). The van der Waals surface area contributed by atoms with Crippen molar-refractivity contribution in [2.45, 2.75) is 6.54 Å². The van der Waals surface area contributed by atoms with Gasteiger partial charge in [0.25, 0.3) is 5.91 Å². The quantitative estimate of drug-likeness (QED) is 0.901. The van der Waals surface area contributed by atoms with Crippen molar-refractivity contribution in [1.29, 1.82) is 0 Å². The molecule has 21 heavy (non-hydrogen) atoms. The van der Waals surface area contributed by atoms with Crippen LogP contribution in [0.2, 0.25) is 0 Å². The van der Waals surface area contributed by atoms with Gasteiger partial charge in [-0.15, -0.1) is 0 Å². The summed E-state index contributed by atoms with van der Waals surface area (Å²) in [6, 6.07) is 6.10. The highest BCUT2D eigenvalue weighted by atomic mass is 32.2. The lowest BCUT2D eigenvalue weighted by Gasteiger charge is -2.02. The number of benzene rings is 1. The van der Waals surface area contributed by atoms with Crippen molar-refractivity contribution >= 4 is 28.1 Å². The molecule has 0 fully saturated rings. The van der Waals surface area contributed by atoms with Gasteiger partial charge >= 0.3 is 0 Å². The van der Waals surface area contributed by atoms with Gasteiger partial charge in [0.2, 0.25) is 0 Å². The lowest BCUT2D eigenvalue weighted by atomic mass is 10.0. The minimum absolute atomic E-state index is 0.343. The van der Waals surface area contributed by atoms with Crippen molar-refractivity contribution < 1.29 is 9.00 Å². The molecule has 0 saturated carbocycles. The second-order valence-corrected chi connectivity index (χ2v) is 5.93. The molecule has 3 heterocycles. The molecule has 0 bridgehead atoms. The highest BCUT2D eigenvalue weighted by Crippen LogP contribution is 2.25. The fourth-order valence-electron chi connectivity index (χ4n) is 2.37. The standard InChI is InChI=1S/C14H10N4O2S/c19-13-4-14(21(20)17-13)18-8-12(7-16-18)9-1-2-10-5-15-6-11(10)3-9/h1-5,7-8H,6H2,(H,17,19). The highest BCUT2D eigenvalue weighted by molar-refractivity contribution is 7.93. The molecule has 1 aromatic carbocycles. The van der Waals surface area contributed by atoms with Crippen LogP contribution < -0.4 is 4.72 Å². The van der Waals surface area contributed by atoms with Crippen LogP contribution in [0.15, 0.2) is 41.7 Å². The molecule has 0 aliphatic carbocycles. The molecule has 0 radical (unpaired) electrons. The fourth-order valence-corrected chi connectivity index (χ4v) is 3.20. The Morgan fingerprint density at radius 2 is 2.19 bits per heavy atom. The predicted molar refractivity (Wildman–Crippen MR) is 79.5 cm³/mol. The normalized spacial score (nSPS) is 19.5. The van der Waals surface area contributed by atoms with Crippen molar-refractivity contribution in [2.24, 2.45) is 4.99 Å². The first kappa shape index (κ1) is 12.2. The lowest BCUT2D eigenvalue weighted by Crippen LogP contribution is -2.17. The van der Waals surface area contributed by atoms with Crippen molar-refractivity contribution in [2.75, 3.05) is 0 Å². The Kier molecular flexibility index (Phi) is 2.61. The van der Waals surface area contributed by atoms with Gasteiger partial charge < -0.3 is 0 Å². The van der Waals surface area contributed by atoms with Gasteiger partial charge in [0.15, 0.2) is 16.0 Å². The Labute approximate surface area is 122 Å². The first-order valence-electron chi connectivity index (χ1n) is 6.33. The molecule has 2 aliphatic rings. The topological polar surface area (TPSA) is 76.3 Å². The van der Waals surface area contributed by atoms with Crippen LogP contribution in [-0.2, 0) is 22.3 Å². The van der Waals surface area contributed by atoms with E-state index >= 15 is 0 Å². The van der Waals surface area contributed by atoms with Gasteiger partial charge in [0, 0.05) is 24.1 Å². The van der Waals surface area contributed by atoms with Gasteiger partial charge in [0.1, 0.15) is 0 Å². The third-order valence-corrected chi connectivity index (χ3v) is 4.49. The van der Waals surface area contributed by atoms with Crippen LogP contribution in [0, 0.1) is 0 Å². The molecule has 1 aromatic heterocycles. The average molecular weight is 298 g/mol. The van der Waals surface area contributed by atoms with Crippen LogP contribution in [0.5, 0.6) is 0 Å². The zero-order valence-corrected chi connectivity index (χ0v) is 11.6. The van der Waals surface area contributed by atoms with E-state index in [2.05, 4.69) is 20.9 Å². The van der Waals surface area contributed by atoms with Crippen molar-refractivity contribution in [3.05, 3.63) is 47.8 Å².